The minimum absolute atomic E-state index is 0.0382. The molecule has 0 atom stereocenters. The largest absolute Gasteiger partial charge is 0.456 e. The van der Waals surface area contributed by atoms with Gasteiger partial charge >= 0.3 is 0 Å². The maximum absolute atomic E-state index is 9.21. The van der Waals surface area contributed by atoms with Crippen LogP contribution in [0.1, 0.15) is 12.3 Å². The van der Waals surface area contributed by atoms with Crippen molar-refractivity contribution in [3.05, 3.63) is 170 Å². The first-order chi connectivity index (χ1) is 28.5. The van der Waals surface area contributed by atoms with Gasteiger partial charge in [0.05, 0.1) is 23.4 Å². The van der Waals surface area contributed by atoms with Gasteiger partial charge in [-0.3, -0.25) is 4.57 Å². The van der Waals surface area contributed by atoms with Crippen molar-refractivity contribution in [3.63, 3.8) is 0 Å². The quantitative estimate of drug-likeness (QED) is 0.186. The van der Waals surface area contributed by atoms with Crippen molar-refractivity contribution >= 4 is 43.7 Å². The van der Waals surface area contributed by atoms with E-state index in [9.17, 15) is 1.37 Å². The number of furan rings is 1. The van der Waals surface area contributed by atoms with E-state index in [-0.39, 0.29) is 40.1 Å². The number of aromatic nitrogens is 4. The summed E-state index contributed by atoms with van der Waals surface area (Å²) in [5.74, 6) is 0.671. The van der Waals surface area contributed by atoms with E-state index in [1.54, 1.807) is 22.8 Å². The number of fused-ring (bicyclic) bond motifs is 6. The molecule has 0 radical (unpaired) electrons. The third-order valence-electron chi connectivity index (χ3n) is 8.90. The topological polar surface area (TPSA) is 56.7 Å². The molecule has 7 aromatic carbocycles. The molecule has 0 saturated heterocycles. The fourth-order valence-corrected chi connectivity index (χ4v) is 6.60. The zero-order chi connectivity index (χ0) is 40.9. The Morgan fingerprint density at radius 1 is 0.460 bits per heavy atom. The Morgan fingerprint density at radius 2 is 1.16 bits per heavy atom. The molecule has 0 unspecified atom stereocenters. The molecule has 0 bridgehead atoms. The van der Waals surface area contributed by atoms with Crippen molar-refractivity contribution in [2.45, 2.75) is 0 Å². The molecule has 0 N–H and O–H groups in total. The predicted molar refractivity (Wildman–Crippen MR) is 203 cm³/mol. The van der Waals surface area contributed by atoms with E-state index in [1.165, 1.54) is 0 Å². The fraction of sp³-hybridized carbons (Fsp3) is 0. The fourth-order valence-electron chi connectivity index (χ4n) is 6.60. The zero-order valence-corrected chi connectivity index (χ0v) is 26.2. The van der Waals surface area contributed by atoms with E-state index >= 15 is 0 Å². The highest BCUT2D eigenvalue weighted by atomic mass is 16.3. The average molecular weight is 650 g/mol. The summed E-state index contributed by atoms with van der Waals surface area (Å²) in [5.41, 5.74) is 5.41. The number of hydrogen-bond acceptors (Lipinski definition) is 4. The van der Waals surface area contributed by atoms with Crippen LogP contribution in [0.2, 0.25) is 0 Å². The van der Waals surface area contributed by atoms with Gasteiger partial charge in [-0.15, -0.1) is 0 Å². The normalized spacial score (nSPS) is 14.1. The second-order valence-corrected chi connectivity index (χ2v) is 11.8. The Labute approximate surface area is 300 Å². The van der Waals surface area contributed by atoms with E-state index < -0.39 is 42.3 Å². The number of nitrogens with zero attached hydrogens (tertiary/aromatic N) is 4. The third kappa shape index (κ3) is 4.60. The van der Waals surface area contributed by atoms with Gasteiger partial charge < -0.3 is 4.42 Å². The molecule has 10 aromatic rings. The van der Waals surface area contributed by atoms with Gasteiger partial charge in [0.15, 0.2) is 11.6 Å². The molecule has 0 spiro atoms. The van der Waals surface area contributed by atoms with Gasteiger partial charge in [0.1, 0.15) is 11.2 Å². The maximum atomic E-state index is 9.21. The van der Waals surface area contributed by atoms with E-state index in [4.69, 9.17) is 30.3 Å². The first kappa shape index (κ1) is 20.5. The Hall–Kier alpha value is -6.85. The van der Waals surface area contributed by atoms with E-state index in [2.05, 4.69) is 0 Å². The highest BCUT2D eigenvalue weighted by Crippen LogP contribution is 2.38. The van der Waals surface area contributed by atoms with E-state index in [0.717, 1.165) is 21.9 Å². The molecule has 5 nitrogen and oxygen atoms in total. The predicted octanol–water partition coefficient (Wildman–Crippen LogP) is 11.5. The second kappa shape index (κ2) is 11.4. The monoisotopic (exact) mass is 649 g/mol. The van der Waals surface area contributed by atoms with Crippen molar-refractivity contribution in [2.75, 3.05) is 0 Å². The molecule has 0 fully saturated rings. The standard InChI is InChI=1S/C45H28N4O/c1-3-12-29(13-4-1)31-22-24-32(25-23-31)43-46-44(36-18-11-21-41-42(36)35-17-8-10-20-40(35)50-41)48-45(47-43)49-38-19-9-7-16-34(38)37-28-33(26-27-39(37)49)30-14-5-2-6-15-30/h1-28H/i2D,5D,6D,7D,9D,14D,15D,16D,19D. The number of para-hydroxylation sites is 2. The summed E-state index contributed by atoms with van der Waals surface area (Å²) in [6.07, 6.45) is 0. The summed E-state index contributed by atoms with van der Waals surface area (Å²) >= 11 is 0. The van der Waals surface area contributed by atoms with Crippen LogP contribution in [0.4, 0.5) is 0 Å². The van der Waals surface area contributed by atoms with Gasteiger partial charge in [-0.05, 0) is 52.6 Å². The molecular weight excluding hydrogens is 613 g/mol. The molecule has 10 rings (SSSR count). The molecule has 3 aromatic heterocycles. The number of rotatable bonds is 5. The lowest BCUT2D eigenvalue weighted by Gasteiger charge is -2.12. The third-order valence-corrected chi connectivity index (χ3v) is 8.90. The Balaban J connectivity index is 1.29. The minimum atomic E-state index is -0.522. The minimum Gasteiger partial charge on any atom is -0.456 e. The summed E-state index contributed by atoms with van der Waals surface area (Å²) in [6.45, 7) is 0. The lowest BCUT2D eigenvalue weighted by atomic mass is 10.0. The summed E-state index contributed by atoms with van der Waals surface area (Å²) in [5, 5.41) is 2.15. The van der Waals surface area contributed by atoms with Gasteiger partial charge in [-0.25, -0.2) is 4.98 Å². The first-order valence-corrected chi connectivity index (χ1v) is 16.0. The Bertz CT molecular complexity index is 3350. The lowest BCUT2D eigenvalue weighted by Crippen LogP contribution is -2.06. The molecule has 0 aliphatic heterocycles. The number of hydrogen-bond donors (Lipinski definition) is 0. The van der Waals surface area contributed by atoms with Gasteiger partial charge in [-0.2, -0.15) is 9.97 Å². The lowest BCUT2D eigenvalue weighted by molar-refractivity contribution is 0.669. The highest BCUT2D eigenvalue weighted by Gasteiger charge is 2.20. The van der Waals surface area contributed by atoms with Crippen LogP contribution in [0.15, 0.2) is 174 Å². The van der Waals surface area contributed by atoms with Gasteiger partial charge in [0.2, 0.25) is 5.95 Å². The SMILES string of the molecule is [2H]c1c([2H])c([2H])c(-c2ccc3c(c2)c2c([2H])c([2H])c([2H])c([2H])c2n3-c2nc(-c3ccc(-c4ccccc4)cc3)nc(-c3cccc4oc5ccccc5c34)n2)c([2H])c1[2H]. The van der Waals surface area contributed by atoms with Crippen molar-refractivity contribution in [3.8, 4) is 51.0 Å². The second-order valence-electron chi connectivity index (χ2n) is 11.8. The van der Waals surface area contributed by atoms with Crippen LogP contribution in [-0.2, 0) is 0 Å². The summed E-state index contributed by atoms with van der Waals surface area (Å²) in [4.78, 5) is 15.1. The summed E-state index contributed by atoms with van der Waals surface area (Å²) in [6, 6.07) is 32.1. The number of benzene rings is 7. The van der Waals surface area contributed by atoms with Crippen LogP contribution in [-0.4, -0.2) is 19.5 Å². The summed E-state index contributed by atoms with van der Waals surface area (Å²) < 4.78 is 85.5. The molecule has 0 amide bonds. The van der Waals surface area contributed by atoms with Gasteiger partial charge in [0, 0.05) is 32.7 Å². The van der Waals surface area contributed by atoms with Gasteiger partial charge in [0.25, 0.3) is 0 Å². The van der Waals surface area contributed by atoms with Gasteiger partial charge in [-0.1, -0.05) is 139 Å². The molecule has 234 valence electrons. The molecular formula is C45H28N4O. The molecule has 0 aliphatic carbocycles. The van der Waals surface area contributed by atoms with Crippen molar-refractivity contribution < 1.29 is 16.8 Å². The van der Waals surface area contributed by atoms with Crippen LogP contribution in [0.3, 0.4) is 0 Å². The van der Waals surface area contributed by atoms with Crippen LogP contribution in [0.25, 0.3) is 94.7 Å². The van der Waals surface area contributed by atoms with Crippen molar-refractivity contribution in [2.24, 2.45) is 0 Å². The van der Waals surface area contributed by atoms with E-state index in [0.29, 0.717) is 44.8 Å². The molecule has 3 heterocycles. The van der Waals surface area contributed by atoms with E-state index in [1.807, 2.05) is 97.1 Å². The van der Waals surface area contributed by atoms with Crippen molar-refractivity contribution in [1.29, 1.82) is 0 Å². The zero-order valence-electron chi connectivity index (χ0n) is 35.2. The maximum Gasteiger partial charge on any atom is 0.238 e. The van der Waals surface area contributed by atoms with Crippen molar-refractivity contribution in [1.82, 2.24) is 19.5 Å². The molecule has 5 heteroatoms. The Kier molecular flexibility index (Phi) is 4.67. The van der Waals surface area contributed by atoms with Crippen LogP contribution >= 0.6 is 0 Å². The highest BCUT2D eigenvalue weighted by molar-refractivity contribution is 6.12. The molecule has 0 aliphatic rings. The Morgan fingerprint density at radius 3 is 2.04 bits per heavy atom. The smallest absolute Gasteiger partial charge is 0.238 e. The average Bonchev–Trinajstić information content (AvgIpc) is 3.83. The molecule has 0 saturated carbocycles. The summed E-state index contributed by atoms with van der Waals surface area (Å²) in [7, 11) is 0. The van der Waals surface area contributed by atoms with Crippen LogP contribution < -0.4 is 0 Å². The van der Waals surface area contributed by atoms with Crippen LogP contribution in [0.5, 0.6) is 0 Å². The molecule has 50 heavy (non-hydrogen) atoms. The van der Waals surface area contributed by atoms with Crippen LogP contribution in [0, 0.1) is 0 Å². The first-order valence-electron chi connectivity index (χ1n) is 20.5.